The molecule has 1 aliphatic rings. The lowest BCUT2D eigenvalue weighted by Crippen LogP contribution is -2.30. The Morgan fingerprint density at radius 2 is 1.36 bits per heavy atom. The Kier molecular flexibility index (Phi) is 6.30. The molecule has 5 nitrogen and oxygen atoms in total. The molecule has 1 aliphatic heterocycles. The highest BCUT2D eigenvalue weighted by molar-refractivity contribution is 6.13. The lowest BCUT2D eigenvalue weighted by molar-refractivity contribution is 0.336. The Labute approximate surface area is 256 Å². The van der Waals surface area contributed by atoms with Crippen molar-refractivity contribution >= 4 is 33.0 Å². The van der Waals surface area contributed by atoms with Crippen molar-refractivity contribution < 1.29 is 4.74 Å². The average molecular weight is 573 g/mol. The van der Waals surface area contributed by atoms with E-state index in [9.17, 15) is 0 Å². The monoisotopic (exact) mass is 572 g/mol. The largest absolute Gasteiger partial charge is 0.457 e. The highest BCUT2D eigenvalue weighted by atomic mass is 16.5. The minimum atomic E-state index is 0.452. The van der Waals surface area contributed by atoms with Crippen molar-refractivity contribution in [2.75, 3.05) is 11.6 Å². The molecule has 0 aliphatic carbocycles. The second-order valence-electron chi connectivity index (χ2n) is 11.5. The maximum Gasteiger partial charge on any atom is 0.146 e. The van der Waals surface area contributed by atoms with Crippen molar-refractivity contribution in [1.82, 2.24) is 14.3 Å². The van der Waals surface area contributed by atoms with Crippen molar-refractivity contribution in [1.29, 1.82) is 0 Å². The molecule has 2 aromatic heterocycles. The van der Waals surface area contributed by atoms with Crippen LogP contribution in [0.3, 0.4) is 0 Å². The van der Waals surface area contributed by atoms with Gasteiger partial charge in [0.15, 0.2) is 0 Å². The summed E-state index contributed by atoms with van der Waals surface area (Å²) in [6.45, 7) is 5.24. The first kappa shape index (κ1) is 26.1. The van der Waals surface area contributed by atoms with Crippen LogP contribution in [0.15, 0.2) is 140 Å². The third kappa shape index (κ3) is 4.45. The van der Waals surface area contributed by atoms with Gasteiger partial charge in [0, 0.05) is 52.1 Å². The van der Waals surface area contributed by atoms with Crippen molar-refractivity contribution in [3.63, 3.8) is 0 Å². The SMILES string of the molecule is CC(C)N1C=CN(c2cccc(Oc3ccc4c5ccccc5n5c(-c6ccccc6)c(-c6ccccc6)nc5c4c3)c2)C1. The number of fused-ring (bicyclic) bond motifs is 6. The summed E-state index contributed by atoms with van der Waals surface area (Å²) in [5, 5.41) is 3.37. The highest BCUT2D eigenvalue weighted by Crippen LogP contribution is 2.40. The van der Waals surface area contributed by atoms with E-state index in [1.54, 1.807) is 0 Å². The molecule has 0 atom stereocenters. The molecule has 3 heterocycles. The van der Waals surface area contributed by atoms with Crippen LogP contribution in [-0.2, 0) is 0 Å². The number of aromatic nitrogens is 2. The third-order valence-corrected chi connectivity index (χ3v) is 8.44. The van der Waals surface area contributed by atoms with Gasteiger partial charge < -0.3 is 14.5 Å². The van der Waals surface area contributed by atoms with Crippen molar-refractivity contribution in [3.8, 4) is 34.0 Å². The fraction of sp³-hybridized carbons (Fsp3) is 0.103. The topological polar surface area (TPSA) is 33.0 Å². The first-order valence-electron chi connectivity index (χ1n) is 15.1. The zero-order chi connectivity index (χ0) is 29.6. The van der Waals surface area contributed by atoms with E-state index in [2.05, 4.69) is 156 Å². The summed E-state index contributed by atoms with van der Waals surface area (Å²) >= 11 is 0. The highest BCUT2D eigenvalue weighted by Gasteiger charge is 2.21. The molecular weight excluding hydrogens is 540 g/mol. The van der Waals surface area contributed by atoms with Crippen LogP contribution in [0.4, 0.5) is 5.69 Å². The normalized spacial score (nSPS) is 13.2. The molecule has 0 fully saturated rings. The molecule has 0 spiro atoms. The zero-order valence-corrected chi connectivity index (χ0v) is 24.8. The summed E-state index contributed by atoms with van der Waals surface area (Å²) < 4.78 is 8.85. The maximum atomic E-state index is 6.53. The van der Waals surface area contributed by atoms with Gasteiger partial charge in [-0.25, -0.2) is 4.98 Å². The second-order valence-corrected chi connectivity index (χ2v) is 11.5. The van der Waals surface area contributed by atoms with Crippen LogP contribution in [0.2, 0.25) is 0 Å². The fourth-order valence-electron chi connectivity index (χ4n) is 6.20. The molecule has 0 radical (unpaired) electrons. The first-order valence-corrected chi connectivity index (χ1v) is 15.1. The van der Waals surface area contributed by atoms with Crippen LogP contribution in [0.5, 0.6) is 11.5 Å². The lowest BCUT2D eigenvalue weighted by atomic mass is 10.0. The van der Waals surface area contributed by atoms with Gasteiger partial charge in [0.2, 0.25) is 0 Å². The molecule has 0 saturated carbocycles. The van der Waals surface area contributed by atoms with Crippen molar-refractivity contribution in [3.05, 3.63) is 140 Å². The van der Waals surface area contributed by atoms with Gasteiger partial charge in [0.1, 0.15) is 17.1 Å². The lowest BCUT2D eigenvalue weighted by Gasteiger charge is -2.24. The first-order chi connectivity index (χ1) is 21.6. The van der Waals surface area contributed by atoms with Crippen LogP contribution >= 0.6 is 0 Å². The third-order valence-electron chi connectivity index (χ3n) is 8.44. The second kappa shape index (κ2) is 10.6. The minimum Gasteiger partial charge on any atom is -0.457 e. The number of imidazole rings is 1. The predicted octanol–water partition coefficient (Wildman–Crippen LogP) is 9.73. The average Bonchev–Trinajstić information content (AvgIpc) is 3.73. The number of rotatable bonds is 6. The molecule has 0 N–H and O–H groups in total. The predicted molar refractivity (Wildman–Crippen MR) is 181 cm³/mol. The molecule has 0 bridgehead atoms. The summed E-state index contributed by atoms with van der Waals surface area (Å²) in [7, 11) is 0. The van der Waals surface area contributed by atoms with Crippen LogP contribution < -0.4 is 9.64 Å². The van der Waals surface area contributed by atoms with E-state index in [1.165, 1.54) is 5.39 Å². The number of nitrogens with zero attached hydrogens (tertiary/aromatic N) is 4. The van der Waals surface area contributed by atoms with Gasteiger partial charge in [-0.1, -0.05) is 84.9 Å². The van der Waals surface area contributed by atoms with E-state index in [1.807, 2.05) is 12.1 Å². The Morgan fingerprint density at radius 1 is 0.636 bits per heavy atom. The number of hydrogen-bond acceptors (Lipinski definition) is 4. The number of hydrogen-bond donors (Lipinski definition) is 0. The Bertz CT molecular complexity index is 2170. The van der Waals surface area contributed by atoms with Crippen molar-refractivity contribution in [2.45, 2.75) is 19.9 Å². The van der Waals surface area contributed by atoms with Gasteiger partial charge in [0.05, 0.1) is 23.6 Å². The molecule has 5 aromatic carbocycles. The minimum absolute atomic E-state index is 0.452. The maximum absolute atomic E-state index is 6.53. The Hall–Kier alpha value is -5.55. The van der Waals surface area contributed by atoms with E-state index in [4.69, 9.17) is 9.72 Å². The molecule has 7 aromatic rings. The van der Waals surface area contributed by atoms with E-state index in [0.29, 0.717) is 6.04 Å². The molecule has 0 amide bonds. The summed E-state index contributed by atoms with van der Waals surface area (Å²) in [6.07, 6.45) is 4.28. The van der Waals surface area contributed by atoms with Gasteiger partial charge in [-0.15, -0.1) is 0 Å². The van der Waals surface area contributed by atoms with Crippen molar-refractivity contribution in [2.24, 2.45) is 0 Å². The molecule has 8 rings (SSSR count). The Morgan fingerprint density at radius 3 is 2.14 bits per heavy atom. The van der Waals surface area contributed by atoms with E-state index < -0.39 is 0 Å². The van der Waals surface area contributed by atoms with Gasteiger partial charge in [-0.05, 0) is 55.6 Å². The Balaban J connectivity index is 1.30. The standard InChI is InChI=1S/C39H32N4O/c1-27(2)41-22-23-42(26-41)30-16-11-17-31(24-30)44-32-20-21-33-34-18-9-10-19-36(34)43-38(29-14-7-4-8-15-29)37(28-12-5-3-6-13-28)40-39(43)35(33)25-32/h3-25,27H,26H2,1-2H3. The van der Waals surface area contributed by atoms with Gasteiger partial charge >= 0.3 is 0 Å². The number of anilines is 1. The van der Waals surface area contributed by atoms with Crippen LogP contribution in [0.25, 0.3) is 49.8 Å². The number of pyridine rings is 1. The fourth-order valence-corrected chi connectivity index (χ4v) is 6.20. The molecule has 214 valence electrons. The molecule has 0 unspecified atom stereocenters. The summed E-state index contributed by atoms with van der Waals surface area (Å²) in [4.78, 5) is 9.91. The number of ether oxygens (including phenoxy) is 1. The summed E-state index contributed by atoms with van der Waals surface area (Å²) in [5.41, 5.74) is 7.39. The molecular formula is C39H32N4O. The number of para-hydroxylation sites is 1. The quantitative estimate of drug-likeness (QED) is 0.186. The van der Waals surface area contributed by atoms with Crippen LogP contribution in [0.1, 0.15) is 13.8 Å². The van der Waals surface area contributed by atoms with E-state index in [-0.39, 0.29) is 0 Å². The molecule has 5 heteroatoms. The van der Waals surface area contributed by atoms with Gasteiger partial charge in [0.25, 0.3) is 0 Å². The van der Waals surface area contributed by atoms with E-state index >= 15 is 0 Å². The zero-order valence-electron chi connectivity index (χ0n) is 24.8. The summed E-state index contributed by atoms with van der Waals surface area (Å²) in [5.74, 6) is 1.58. The summed E-state index contributed by atoms with van der Waals surface area (Å²) in [6, 6.07) is 44.7. The number of benzene rings is 5. The smallest absolute Gasteiger partial charge is 0.146 e. The van der Waals surface area contributed by atoms with Gasteiger partial charge in [-0.3, -0.25) is 4.40 Å². The van der Waals surface area contributed by atoms with Crippen LogP contribution in [-0.4, -0.2) is 27.0 Å². The molecule has 44 heavy (non-hydrogen) atoms. The molecule has 0 saturated heterocycles. The van der Waals surface area contributed by atoms with E-state index in [0.717, 1.165) is 68.3 Å². The van der Waals surface area contributed by atoms with Gasteiger partial charge in [-0.2, -0.15) is 0 Å². The van der Waals surface area contributed by atoms with Crippen LogP contribution in [0, 0.1) is 0 Å².